The van der Waals surface area contributed by atoms with E-state index in [-0.39, 0.29) is 18.1 Å². The highest BCUT2D eigenvalue weighted by molar-refractivity contribution is 6.00. The lowest BCUT2D eigenvalue weighted by Gasteiger charge is -2.33. The zero-order valence-electron chi connectivity index (χ0n) is 8.38. The van der Waals surface area contributed by atoms with Gasteiger partial charge >= 0.3 is 0 Å². The third-order valence-corrected chi connectivity index (χ3v) is 2.68. The zero-order valence-corrected chi connectivity index (χ0v) is 8.38. The third kappa shape index (κ3) is 2.29. The van der Waals surface area contributed by atoms with Crippen LogP contribution < -0.4 is 0 Å². The van der Waals surface area contributed by atoms with Gasteiger partial charge in [-0.15, -0.1) is 0 Å². The second kappa shape index (κ2) is 4.40. The van der Waals surface area contributed by atoms with Gasteiger partial charge in [-0.2, -0.15) is 0 Å². The molecule has 1 heterocycles. The number of hydrogen-bond acceptors (Lipinski definition) is 2. The minimum atomic E-state index is 0.0185. The molecule has 1 rings (SSSR count). The molecule has 1 aliphatic rings. The van der Waals surface area contributed by atoms with Crippen molar-refractivity contribution in [3.63, 3.8) is 0 Å². The van der Waals surface area contributed by atoms with Gasteiger partial charge in [0.25, 0.3) is 0 Å². The molecule has 0 N–H and O–H groups in total. The van der Waals surface area contributed by atoms with E-state index in [2.05, 4.69) is 13.8 Å². The van der Waals surface area contributed by atoms with Crippen molar-refractivity contribution in [2.45, 2.75) is 45.6 Å². The van der Waals surface area contributed by atoms with Crippen molar-refractivity contribution < 1.29 is 9.59 Å². The second-order valence-electron chi connectivity index (χ2n) is 3.52. The number of carbonyl (C=O) groups is 2. The Kier molecular flexibility index (Phi) is 3.46. The molecule has 0 aliphatic carbocycles. The van der Waals surface area contributed by atoms with Crippen LogP contribution in [0.1, 0.15) is 39.5 Å². The summed E-state index contributed by atoms with van der Waals surface area (Å²) in [6, 6.07) is 0.334. The number of likely N-dealkylation sites (tertiary alicyclic amines) is 1. The fourth-order valence-electron chi connectivity index (χ4n) is 1.84. The van der Waals surface area contributed by atoms with Crippen LogP contribution >= 0.6 is 0 Å². The zero-order chi connectivity index (χ0) is 9.84. The maximum atomic E-state index is 11.5. The third-order valence-electron chi connectivity index (χ3n) is 2.68. The highest BCUT2D eigenvalue weighted by Gasteiger charge is 2.27. The van der Waals surface area contributed by atoms with Crippen molar-refractivity contribution in [1.29, 1.82) is 0 Å². The van der Waals surface area contributed by atoms with Crippen molar-refractivity contribution in [3.8, 4) is 0 Å². The molecule has 74 valence electrons. The molecular weight excluding hydrogens is 166 g/mol. The van der Waals surface area contributed by atoms with Crippen LogP contribution in [0.3, 0.4) is 0 Å². The largest absolute Gasteiger partial charge is 0.339 e. The van der Waals surface area contributed by atoms with E-state index in [4.69, 9.17) is 0 Å². The summed E-state index contributed by atoms with van der Waals surface area (Å²) in [6.07, 6.45) is 2.63. The molecule has 0 unspecified atom stereocenters. The topological polar surface area (TPSA) is 37.4 Å². The Labute approximate surface area is 79.1 Å². The van der Waals surface area contributed by atoms with E-state index < -0.39 is 0 Å². The Morgan fingerprint density at radius 2 is 1.92 bits per heavy atom. The van der Waals surface area contributed by atoms with E-state index in [9.17, 15) is 9.59 Å². The smallest absolute Gasteiger partial charge is 0.230 e. The first-order valence-electron chi connectivity index (χ1n) is 5.00. The average molecular weight is 183 g/mol. The first-order chi connectivity index (χ1) is 6.19. The van der Waals surface area contributed by atoms with Gasteiger partial charge in [-0.05, 0) is 12.8 Å². The van der Waals surface area contributed by atoms with E-state index in [0.717, 1.165) is 12.8 Å². The molecule has 0 bridgehead atoms. The molecule has 0 radical (unpaired) electrons. The molecule has 1 saturated heterocycles. The Morgan fingerprint density at radius 1 is 1.31 bits per heavy atom. The fraction of sp³-hybridized carbons (Fsp3) is 0.800. The van der Waals surface area contributed by atoms with E-state index in [0.29, 0.717) is 19.0 Å². The number of piperidine rings is 1. The van der Waals surface area contributed by atoms with Crippen molar-refractivity contribution in [1.82, 2.24) is 4.90 Å². The number of Topliss-reactive ketones (excluding diaryl/α,β-unsaturated/α-hetero) is 1. The summed E-state index contributed by atoms with van der Waals surface area (Å²) >= 11 is 0. The Bertz CT molecular complexity index is 209. The summed E-state index contributed by atoms with van der Waals surface area (Å²) in [4.78, 5) is 24.3. The van der Waals surface area contributed by atoms with Crippen LogP contribution in [0.25, 0.3) is 0 Å². The average Bonchev–Trinajstić information content (AvgIpc) is 2.10. The number of amides is 1. The monoisotopic (exact) mass is 183 g/mol. The first kappa shape index (κ1) is 10.2. The molecule has 0 aromatic carbocycles. The minimum Gasteiger partial charge on any atom is -0.339 e. The van der Waals surface area contributed by atoms with E-state index >= 15 is 0 Å². The Balaban J connectivity index is 2.59. The number of nitrogens with zero attached hydrogens (tertiary/aromatic N) is 1. The van der Waals surface area contributed by atoms with Crippen LogP contribution in [-0.2, 0) is 9.59 Å². The molecule has 0 aromatic rings. The number of hydrogen-bond donors (Lipinski definition) is 0. The van der Waals surface area contributed by atoms with E-state index in [1.807, 2.05) is 4.90 Å². The summed E-state index contributed by atoms with van der Waals surface area (Å²) in [7, 11) is 0. The van der Waals surface area contributed by atoms with Gasteiger partial charge in [-0.1, -0.05) is 13.8 Å². The standard InChI is InChI=1S/C10H17NO2/c1-3-8(4-2)11-6-5-9(12)7-10(11)13/h8H,3-7H2,1-2H3. The lowest BCUT2D eigenvalue weighted by atomic mass is 10.0. The number of ketones is 1. The Hall–Kier alpha value is -0.860. The predicted octanol–water partition coefficient (Wildman–Crippen LogP) is 1.37. The summed E-state index contributed by atoms with van der Waals surface area (Å²) in [5, 5.41) is 0. The Morgan fingerprint density at radius 3 is 2.38 bits per heavy atom. The molecule has 3 nitrogen and oxygen atoms in total. The predicted molar refractivity (Wildman–Crippen MR) is 50.3 cm³/mol. The molecule has 0 saturated carbocycles. The van der Waals surface area contributed by atoms with Crippen LogP contribution in [0.15, 0.2) is 0 Å². The van der Waals surface area contributed by atoms with Crippen molar-refractivity contribution in [2.24, 2.45) is 0 Å². The van der Waals surface area contributed by atoms with Crippen LogP contribution in [0.4, 0.5) is 0 Å². The van der Waals surface area contributed by atoms with Gasteiger partial charge < -0.3 is 4.90 Å². The van der Waals surface area contributed by atoms with Crippen LogP contribution in [0.5, 0.6) is 0 Å². The molecule has 0 atom stereocenters. The minimum absolute atomic E-state index is 0.0185. The van der Waals surface area contributed by atoms with Crippen molar-refractivity contribution >= 4 is 11.7 Å². The normalized spacial score (nSPS) is 18.5. The summed E-state index contributed by atoms with van der Waals surface area (Å²) in [6.45, 7) is 4.79. The van der Waals surface area contributed by atoms with Gasteiger partial charge in [-0.25, -0.2) is 0 Å². The van der Waals surface area contributed by atoms with Crippen LogP contribution in [0, 0.1) is 0 Å². The lowest BCUT2D eigenvalue weighted by Crippen LogP contribution is -2.45. The van der Waals surface area contributed by atoms with Gasteiger partial charge in [0.2, 0.25) is 5.91 Å². The van der Waals surface area contributed by atoms with Crippen molar-refractivity contribution in [2.75, 3.05) is 6.54 Å². The van der Waals surface area contributed by atoms with Crippen LogP contribution in [0.2, 0.25) is 0 Å². The van der Waals surface area contributed by atoms with E-state index in [1.165, 1.54) is 0 Å². The van der Waals surface area contributed by atoms with Gasteiger partial charge in [-0.3, -0.25) is 9.59 Å². The molecule has 0 spiro atoms. The highest BCUT2D eigenvalue weighted by Crippen LogP contribution is 2.15. The molecule has 0 aromatic heterocycles. The van der Waals surface area contributed by atoms with Gasteiger partial charge in [0.15, 0.2) is 0 Å². The second-order valence-corrected chi connectivity index (χ2v) is 3.52. The molecule has 3 heteroatoms. The quantitative estimate of drug-likeness (QED) is 0.620. The van der Waals surface area contributed by atoms with Gasteiger partial charge in [0.1, 0.15) is 5.78 Å². The summed E-state index contributed by atoms with van der Waals surface area (Å²) < 4.78 is 0. The maximum Gasteiger partial charge on any atom is 0.230 e. The van der Waals surface area contributed by atoms with Gasteiger partial charge in [0.05, 0.1) is 6.42 Å². The highest BCUT2D eigenvalue weighted by atomic mass is 16.2. The number of carbonyl (C=O) groups excluding carboxylic acids is 2. The van der Waals surface area contributed by atoms with E-state index in [1.54, 1.807) is 0 Å². The maximum absolute atomic E-state index is 11.5. The molecule has 1 fully saturated rings. The van der Waals surface area contributed by atoms with Crippen LogP contribution in [-0.4, -0.2) is 29.2 Å². The summed E-state index contributed by atoms with van der Waals surface area (Å²) in [5.74, 6) is 0.108. The molecule has 13 heavy (non-hydrogen) atoms. The first-order valence-corrected chi connectivity index (χ1v) is 5.00. The van der Waals surface area contributed by atoms with Gasteiger partial charge in [0, 0.05) is 19.0 Å². The molecule has 1 amide bonds. The molecular formula is C10H17NO2. The lowest BCUT2D eigenvalue weighted by molar-refractivity contribution is -0.141. The molecule has 1 aliphatic heterocycles. The number of rotatable bonds is 3. The fourth-order valence-corrected chi connectivity index (χ4v) is 1.84. The van der Waals surface area contributed by atoms with Crippen molar-refractivity contribution in [3.05, 3.63) is 0 Å². The SMILES string of the molecule is CCC(CC)N1CCC(=O)CC1=O. The summed E-state index contributed by atoms with van der Waals surface area (Å²) in [5.41, 5.74) is 0.